The molecule has 19 aromatic carbocycles. The highest BCUT2D eigenvalue weighted by Crippen LogP contribution is 2.58. The van der Waals surface area contributed by atoms with Crippen LogP contribution >= 0.6 is 22.7 Å². The lowest BCUT2D eigenvalue weighted by Crippen LogP contribution is -2.15. The van der Waals surface area contributed by atoms with Crippen LogP contribution in [0.25, 0.3) is 253 Å². The molecule has 0 saturated heterocycles. The van der Waals surface area contributed by atoms with Crippen molar-refractivity contribution < 1.29 is 0 Å². The van der Waals surface area contributed by atoms with Crippen molar-refractivity contribution in [3.05, 3.63) is 422 Å². The molecule has 4 aliphatic carbocycles. The summed E-state index contributed by atoms with van der Waals surface area (Å²) in [4.78, 5) is 30.9. The van der Waals surface area contributed by atoms with Crippen LogP contribution in [0, 0.1) is 22.7 Å². The first-order chi connectivity index (χ1) is 65.8. The van der Waals surface area contributed by atoms with Crippen molar-refractivity contribution in [2.75, 3.05) is 0 Å². The molecule has 0 radical (unpaired) electrons. The molecule has 0 aliphatic heterocycles. The van der Waals surface area contributed by atoms with Crippen molar-refractivity contribution in [2.45, 2.75) is 38.5 Å². The predicted molar refractivity (Wildman–Crippen MR) is 554 cm³/mol. The average Bonchev–Trinajstić information content (AvgIpc) is 1.52. The summed E-state index contributed by atoms with van der Waals surface area (Å²) in [5.41, 5.74) is 38.8. The van der Waals surface area contributed by atoms with E-state index in [0.717, 1.165) is 60.3 Å². The zero-order valence-corrected chi connectivity index (χ0v) is 75.0. The molecule has 624 valence electrons. The molecule has 134 heavy (non-hydrogen) atoms. The van der Waals surface area contributed by atoms with Gasteiger partial charge < -0.3 is 0 Å². The van der Waals surface area contributed by atoms with Gasteiger partial charge in [-0.2, -0.15) is 10.5 Å². The Hall–Kier alpha value is -16.9. The number of rotatable bonds is 11. The fourth-order valence-corrected chi connectivity index (χ4v) is 24.1. The normalized spacial score (nSPS) is 12.9. The second kappa shape index (κ2) is 30.4. The average molecular weight is 1740 g/mol. The monoisotopic (exact) mass is 1740 g/mol. The molecular formula is C124H76N8S2. The van der Waals surface area contributed by atoms with Gasteiger partial charge in [0.25, 0.3) is 0 Å². The van der Waals surface area contributed by atoms with Crippen LogP contribution in [0.1, 0.15) is 61.1 Å². The van der Waals surface area contributed by atoms with E-state index in [4.69, 9.17) is 29.9 Å². The van der Waals surface area contributed by atoms with Crippen LogP contribution in [0.5, 0.6) is 0 Å². The molecule has 4 aliphatic rings. The van der Waals surface area contributed by atoms with Gasteiger partial charge in [0, 0.05) is 84.6 Å². The Balaban J connectivity index is 0.000000140. The summed E-state index contributed by atoms with van der Waals surface area (Å²) in [6.07, 6.45) is 0. The van der Waals surface area contributed by atoms with E-state index in [0.29, 0.717) is 46.1 Å². The van der Waals surface area contributed by atoms with Gasteiger partial charge in [0.2, 0.25) is 0 Å². The number of hydrogen-bond donors (Lipinski definition) is 0. The van der Waals surface area contributed by atoms with E-state index in [-0.39, 0.29) is 10.8 Å². The van der Waals surface area contributed by atoms with E-state index in [2.05, 4.69) is 355 Å². The van der Waals surface area contributed by atoms with Crippen LogP contribution in [-0.4, -0.2) is 29.9 Å². The molecule has 0 atom stereocenters. The third-order valence-corrected chi connectivity index (χ3v) is 30.5. The summed E-state index contributed by atoms with van der Waals surface area (Å²) in [5, 5.41) is 29.0. The molecule has 0 unspecified atom stereocenters. The molecule has 4 aromatic heterocycles. The first kappa shape index (κ1) is 78.2. The number of fused-ring (bicyclic) bond motifs is 18. The number of nitrogens with zero attached hydrogens (tertiary/aromatic N) is 8. The SMILES string of the molecule is CC1(C)c2ccccc2-c2ccc(-c3nc(-c4ccccc4)nc(-c4ccc(-c5ccc6c7c(ccc(-c8ccc9c(c8)sc8cc(-c%10ccc(C#N)cc%10)ccc89)c57)-c5ccccc5-6)cc4)n3)cc21.CC1(C)c2ccccc2-c2ccc(-c3nc(-c4ccccc4)nc(-c4ccc(-c5ccc6c7c(ccc(-c8cccc9sc%10cc(C#N)ccc%10c89)c57)-c5ccccc5-6)cc4)n3)cc21. The predicted octanol–water partition coefficient (Wildman–Crippen LogP) is 32.8. The molecule has 8 nitrogen and oxygen atoms in total. The lowest BCUT2D eigenvalue weighted by Gasteiger charge is -2.21. The largest absolute Gasteiger partial charge is 0.208 e. The molecule has 10 heteroatoms. The zero-order valence-electron chi connectivity index (χ0n) is 73.3. The maximum absolute atomic E-state index is 9.71. The molecule has 0 saturated carbocycles. The number of hydrogen-bond acceptors (Lipinski definition) is 10. The first-order valence-electron chi connectivity index (χ1n) is 45.4. The van der Waals surface area contributed by atoms with Crippen molar-refractivity contribution in [3.63, 3.8) is 0 Å². The van der Waals surface area contributed by atoms with Gasteiger partial charge in [-0.15, -0.1) is 22.7 Å². The van der Waals surface area contributed by atoms with Crippen molar-refractivity contribution in [1.29, 1.82) is 10.5 Å². The maximum Gasteiger partial charge on any atom is 0.164 e. The summed E-state index contributed by atoms with van der Waals surface area (Å²) in [5.74, 6) is 3.86. The Morgan fingerprint density at radius 2 is 0.478 bits per heavy atom. The number of nitriles is 2. The first-order valence-corrected chi connectivity index (χ1v) is 47.0. The van der Waals surface area contributed by atoms with E-state index in [1.54, 1.807) is 11.3 Å². The summed E-state index contributed by atoms with van der Waals surface area (Å²) >= 11 is 3.58. The van der Waals surface area contributed by atoms with Gasteiger partial charge in [-0.25, -0.2) is 29.9 Å². The van der Waals surface area contributed by atoms with Gasteiger partial charge >= 0.3 is 0 Å². The number of benzene rings is 19. The van der Waals surface area contributed by atoms with Crippen LogP contribution in [0.3, 0.4) is 0 Å². The second-order valence-corrected chi connectivity index (χ2v) is 38.6. The van der Waals surface area contributed by atoms with Gasteiger partial charge in [0.15, 0.2) is 34.9 Å². The summed E-state index contributed by atoms with van der Waals surface area (Å²) in [7, 11) is 0. The minimum Gasteiger partial charge on any atom is -0.208 e. The Kier molecular flexibility index (Phi) is 17.7. The highest BCUT2D eigenvalue weighted by molar-refractivity contribution is 7.26. The van der Waals surface area contributed by atoms with Gasteiger partial charge in [-0.3, -0.25) is 0 Å². The number of thiophene rings is 2. The van der Waals surface area contributed by atoms with E-state index in [1.165, 1.54) is 180 Å². The zero-order chi connectivity index (χ0) is 89.3. The molecule has 0 N–H and O–H groups in total. The topological polar surface area (TPSA) is 125 Å². The Morgan fingerprint density at radius 1 is 0.187 bits per heavy atom. The van der Waals surface area contributed by atoms with Crippen LogP contribution in [0.4, 0.5) is 0 Å². The smallest absolute Gasteiger partial charge is 0.164 e. The fourth-order valence-electron chi connectivity index (χ4n) is 21.7. The third kappa shape index (κ3) is 12.4. The van der Waals surface area contributed by atoms with Crippen LogP contribution < -0.4 is 0 Å². The van der Waals surface area contributed by atoms with Gasteiger partial charge in [0.1, 0.15) is 0 Å². The standard InChI is InChI=1S/C65H40N4S.C59H36N4S/c1-65(2)56-15-9-8-14-50(56)51-27-26-45(34-57(51)65)64-68-62(41-10-4-3-5-11-41)67-63(69-64)42-22-20-40(21-23-42)46-30-32-54-48-12-6-7-13-49(48)55-33-31-47(60(46)61(54)55)44-25-29-53-52-28-24-43(35-58(52)70-59(53)36-44)39-18-16-38(37-66)17-19-39;1-59(2)49-17-9-8-15-42(49)43-26-24-38(32-50(43)59)58-62-56(36-11-4-3-5-12-36)61-57(63-58)37-22-20-35(21-23-37)39-27-28-45-40-13-6-7-14-41(40)46-29-30-47(54(39)55(45)46)44-16-10-18-51-53(44)48-25-19-34(33-60)31-52(48)64-51/h3-36H,1-2H3;3-32H,1-2H3. The minimum absolute atomic E-state index is 0.146. The fraction of sp³-hybridized carbons (Fsp3) is 0.0484. The molecule has 23 aromatic rings. The van der Waals surface area contributed by atoms with Gasteiger partial charge in [-0.1, -0.05) is 361 Å². The van der Waals surface area contributed by atoms with Crippen molar-refractivity contribution in [1.82, 2.24) is 29.9 Å². The molecule has 0 spiro atoms. The quantitative estimate of drug-likeness (QED) is 0.125. The molecular weight excluding hydrogens is 1670 g/mol. The minimum atomic E-state index is -0.147. The lowest BCUT2D eigenvalue weighted by atomic mass is 9.82. The summed E-state index contributed by atoms with van der Waals surface area (Å²) in [6.45, 7) is 9.22. The van der Waals surface area contributed by atoms with Crippen molar-refractivity contribution in [2.24, 2.45) is 0 Å². The summed E-state index contributed by atoms with van der Waals surface area (Å²) < 4.78 is 4.83. The highest BCUT2D eigenvalue weighted by atomic mass is 32.1. The lowest BCUT2D eigenvalue weighted by molar-refractivity contribution is 0.660. The molecule has 4 heterocycles. The van der Waals surface area contributed by atoms with E-state index < -0.39 is 0 Å². The third-order valence-electron chi connectivity index (χ3n) is 28.3. The van der Waals surface area contributed by atoms with Crippen molar-refractivity contribution in [3.8, 4) is 203 Å². The van der Waals surface area contributed by atoms with Crippen molar-refractivity contribution >= 4 is 84.6 Å². The Labute approximate surface area is 782 Å². The second-order valence-electron chi connectivity index (χ2n) is 36.4. The summed E-state index contributed by atoms with van der Waals surface area (Å²) in [6, 6.07) is 144. The number of aromatic nitrogens is 6. The molecule has 0 fully saturated rings. The highest BCUT2D eigenvalue weighted by Gasteiger charge is 2.38. The maximum atomic E-state index is 9.71. The molecule has 0 amide bonds. The van der Waals surface area contributed by atoms with Crippen LogP contribution in [0.15, 0.2) is 388 Å². The van der Waals surface area contributed by atoms with E-state index in [1.807, 2.05) is 84.1 Å². The molecule has 0 bridgehead atoms. The van der Waals surface area contributed by atoms with Crippen LogP contribution in [0.2, 0.25) is 0 Å². The van der Waals surface area contributed by atoms with Crippen LogP contribution in [-0.2, 0) is 10.8 Å². The van der Waals surface area contributed by atoms with E-state index >= 15 is 0 Å². The van der Waals surface area contributed by atoms with Gasteiger partial charge in [0.05, 0.1) is 23.3 Å². The molecule has 27 rings (SSSR count). The van der Waals surface area contributed by atoms with E-state index in [9.17, 15) is 10.5 Å². The Bertz CT molecular complexity index is 9010. The Morgan fingerprint density at radius 3 is 0.940 bits per heavy atom. The van der Waals surface area contributed by atoms with Gasteiger partial charge in [-0.05, 0) is 221 Å².